The van der Waals surface area contributed by atoms with Crippen LogP contribution in [0.4, 0.5) is 5.69 Å². The van der Waals surface area contributed by atoms with Crippen LogP contribution in [0, 0.1) is 0 Å². The highest BCUT2D eigenvalue weighted by Crippen LogP contribution is 2.36. The number of rotatable bonds is 2. The van der Waals surface area contributed by atoms with Crippen molar-refractivity contribution >= 4 is 11.5 Å². The summed E-state index contributed by atoms with van der Waals surface area (Å²) in [5.74, 6) is 0.813. The van der Waals surface area contributed by atoms with Crippen molar-refractivity contribution in [1.82, 2.24) is 0 Å². The molecule has 1 aromatic rings. The van der Waals surface area contributed by atoms with Crippen molar-refractivity contribution < 1.29 is 9.53 Å². The summed E-state index contributed by atoms with van der Waals surface area (Å²) in [6, 6.07) is 3.85. The topological polar surface area (TPSA) is 29.5 Å². The van der Waals surface area contributed by atoms with E-state index < -0.39 is 0 Å². The summed E-state index contributed by atoms with van der Waals surface area (Å²) in [5, 5.41) is 0. The monoisotopic (exact) mass is 205 g/mol. The molecule has 0 N–H and O–H groups in total. The lowest BCUT2D eigenvalue weighted by molar-refractivity contribution is 0.101. The molecule has 0 saturated heterocycles. The van der Waals surface area contributed by atoms with E-state index in [1.54, 1.807) is 14.0 Å². The van der Waals surface area contributed by atoms with Crippen LogP contribution in [0.5, 0.6) is 5.75 Å². The quantitative estimate of drug-likeness (QED) is 0.690. The Balaban J connectivity index is 2.60. The first-order valence-corrected chi connectivity index (χ1v) is 5.07. The number of nitrogens with zero attached hydrogens (tertiary/aromatic N) is 1. The molecule has 0 aromatic heterocycles. The van der Waals surface area contributed by atoms with Crippen LogP contribution in [0.25, 0.3) is 0 Å². The van der Waals surface area contributed by atoms with Gasteiger partial charge >= 0.3 is 0 Å². The van der Waals surface area contributed by atoms with Gasteiger partial charge in [-0.05, 0) is 25.5 Å². The molecular formula is C12H15NO2. The minimum absolute atomic E-state index is 0.0594. The van der Waals surface area contributed by atoms with Crippen LogP contribution >= 0.6 is 0 Å². The standard InChI is InChI=1S/C12H15NO2/c1-8(14)9-4-5-11-10(12(9)15-3)6-7-13(11)2/h4-5H,6-7H2,1-3H3. The molecule has 15 heavy (non-hydrogen) atoms. The van der Waals surface area contributed by atoms with Gasteiger partial charge in [-0.1, -0.05) is 0 Å². The fraction of sp³-hybridized carbons (Fsp3) is 0.417. The number of ether oxygens (including phenoxy) is 1. The van der Waals surface area contributed by atoms with E-state index >= 15 is 0 Å². The first-order valence-electron chi connectivity index (χ1n) is 5.07. The minimum atomic E-state index is 0.0594. The van der Waals surface area contributed by atoms with Crippen LogP contribution in [0.3, 0.4) is 0 Å². The molecular weight excluding hydrogens is 190 g/mol. The zero-order valence-electron chi connectivity index (χ0n) is 9.33. The molecule has 0 fully saturated rings. The molecule has 2 rings (SSSR count). The normalized spacial score (nSPS) is 13.9. The summed E-state index contributed by atoms with van der Waals surface area (Å²) in [6.07, 6.45) is 0.954. The molecule has 0 spiro atoms. The Morgan fingerprint density at radius 3 is 2.80 bits per heavy atom. The molecule has 3 nitrogen and oxygen atoms in total. The maximum Gasteiger partial charge on any atom is 0.163 e. The molecule has 0 aliphatic carbocycles. The number of ketones is 1. The van der Waals surface area contributed by atoms with E-state index in [9.17, 15) is 4.79 Å². The first kappa shape index (κ1) is 10.0. The highest BCUT2D eigenvalue weighted by atomic mass is 16.5. The van der Waals surface area contributed by atoms with Gasteiger partial charge in [0.1, 0.15) is 5.75 Å². The number of fused-ring (bicyclic) bond motifs is 1. The molecule has 80 valence electrons. The number of hydrogen-bond donors (Lipinski definition) is 0. The third-order valence-corrected chi connectivity index (χ3v) is 2.93. The van der Waals surface area contributed by atoms with Gasteiger partial charge in [0.05, 0.1) is 12.7 Å². The molecule has 1 aliphatic rings. The Morgan fingerprint density at radius 2 is 2.20 bits per heavy atom. The number of carbonyl (C=O) groups is 1. The third-order valence-electron chi connectivity index (χ3n) is 2.93. The Bertz CT molecular complexity index is 412. The molecule has 0 bridgehead atoms. The predicted molar refractivity (Wildman–Crippen MR) is 60.0 cm³/mol. The number of hydrogen-bond acceptors (Lipinski definition) is 3. The van der Waals surface area contributed by atoms with Gasteiger partial charge in [0.25, 0.3) is 0 Å². The SMILES string of the molecule is COc1c(C(C)=O)ccc2c1CCN2C. The molecule has 1 heterocycles. The van der Waals surface area contributed by atoms with Gasteiger partial charge in [0, 0.05) is 24.8 Å². The maximum absolute atomic E-state index is 11.4. The van der Waals surface area contributed by atoms with Crippen LogP contribution in [0.2, 0.25) is 0 Å². The largest absolute Gasteiger partial charge is 0.496 e. The number of methoxy groups -OCH3 is 1. The molecule has 0 amide bonds. The van der Waals surface area contributed by atoms with Gasteiger partial charge in [-0.2, -0.15) is 0 Å². The average Bonchev–Trinajstić information content (AvgIpc) is 2.59. The highest BCUT2D eigenvalue weighted by Gasteiger charge is 2.23. The number of carbonyl (C=O) groups excluding carboxylic acids is 1. The minimum Gasteiger partial charge on any atom is -0.496 e. The van der Waals surface area contributed by atoms with E-state index in [4.69, 9.17) is 4.74 Å². The van der Waals surface area contributed by atoms with E-state index in [1.807, 2.05) is 12.1 Å². The third kappa shape index (κ3) is 1.48. The lowest BCUT2D eigenvalue weighted by Crippen LogP contribution is -2.12. The van der Waals surface area contributed by atoms with Gasteiger partial charge in [-0.15, -0.1) is 0 Å². The van der Waals surface area contributed by atoms with Crippen LogP contribution in [-0.4, -0.2) is 26.5 Å². The number of Topliss-reactive ketones (excluding diaryl/α,β-unsaturated/α-hetero) is 1. The van der Waals surface area contributed by atoms with Crippen LogP contribution in [-0.2, 0) is 6.42 Å². The lowest BCUT2D eigenvalue weighted by Gasteiger charge is -2.14. The second kappa shape index (κ2) is 3.57. The zero-order chi connectivity index (χ0) is 11.0. The van der Waals surface area contributed by atoms with E-state index in [0.717, 1.165) is 24.3 Å². The van der Waals surface area contributed by atoms with Crippen molar-refractivity contribution in [3.05, 3.63) is 23.3 Å². The Labute approximate surface area is 89.7 Å². The molecule has 0 atom stereocenters. The summed E-state index contributed by atoms with van der Waals surface area (Å²) < 4.78 is 5.35. The van der Waals surface area contributed by atoms with Crippen LogP contribution in [0.1, 0.15) is 22.8 Å². The summed E-state index contributed by atoms with van der Waals surface area (Å²) >= 11 is 0. The average molecular weight is 205 g/mol. The van der Waals surface area contributed by atoms with Gasteiger partial charge in [0.15, 0.2) is 5.78 Å². The maximum atomic E-state index is 11.4. The first-order chi connectivity index (χ1) is 7.15. The summed E-state index contributed by atoms with van der Waals surface area (Å²) in [6.45, 7) is 2.57. The molecule has 1 aliphatic heterocycles. The molecule has 3 heteroatoms. The zero-order valence-corrected chi connectivity index (χ0v) is 9.33. The second-order valence-corrected chi connectivity index (χ2v) is 3.87. The van der Waals surface area contributed by atoms with Crippen molar-refractivity contribution in [2.45, 2.75) is 13.3 Å². The number of benzene rings is 1. The van der Waals surface area contributed by atoms with Crippen molar-refractivity contribution in [3.8, 4) is 5.75 Å². The van der Waals surface area contributed by atoms with Gasteiger partial charge in [-0.25, -0.2) is 0 Å². The summed E-state index contributed by atoms with van der Waals surface area (Å²) in [5.41, 5.74) is 3.02. The van der Waals surface area contributed by atoms with Crippen LogP contribution in [0.15, 0.2) is 12.1 Å². The Kier molecular flexibility index (Phi) is 2.39. The van der Waals surface area contributed by atoms with Crippen molar-refractivity contribution in [2.24, 2.45) is 0 Å². The van der Waals surface area contributed by atoms with E-state index in [1.165, 1.54) is 5.69 Å². The van der Waals surface area contributed by atoms with E-state index in [0.29, 0.717) is 5.56 Å². The van der Waals surface area contributed by atoms with Crippen LogP contribution < -0.4 is 9.64 Å². The van der Waals surface area contributed by atoms with Crippen molar-refractivity contribution in [1.29, 1.82) is 0 Å². The Hall–Kier alpha value is -1.51. The molecule has 0 unspecified atom stereocenters. The van der Waals surface area contributed by atoms with Gasteiger partial charge in [0.2, 0.25) is 0 Å². The number of anilines is 1. The smallest absolute Gasteiger partial charge is 0.163 e. The van der Waals surface area contributed by atoms with Crippen molar-refractivity contribution in [3.63, 3.8) is 0 Å². The van der Waals surface area contributed by atoms with Crippen molar-refractivity contribution in [2.75, 3.05) is 25.6 Å². The van der Waals surface area contributed by atoms with Gasteiger partial charge < -0.3 is 9.64 Å². The summed E-state index contributed by atoms with van der Waals surface area (Å²) in [4.78, 5) is 13.6. The fourth-order valence-electron chi connectivity index (χ4n) is 2.13. The molecule has 0 radical (unpaired) electrons. The molecule has 1 aromatic carbocycles. The number of likely N-dealkylation sites (N-methyl/N-ethyl adjacent to an activating group) is 1. The highest BCUT2D eigenvalue weighted by molar-refractivity contribution is 5.98. The fourth-order valence-corrected chi connectivity index (χ4v) is 2.13. The molecule has 0 saturated carbocycles. The lowest BCUT2D eigenvalue weighted by atomic mass is 10.0. The Morgan fingerprint density at radius 1 is 1.47 bits per heavy atom. The van der Waals surface area contributed by atoms with E-state index in [-0.39, 0.29) is 5.78 Å². The van der Waals surface area contributed by atoms with E-state index in [2.05, 4.69) is 11.9 Å². The predicted octanol–water partition coefficient (Wildman–Crippen LogP) is 1.89. The second-order valence-electron chi connectivity index (χ2n) is 3.87. The summed E-state index contributed by atoms with van der Waals surface area (Å²) in [7, 11) is 3.68. The van der Waals surface area contributed by atoms with Gasteiger partial charge in [-0.3, -0.25) is 4.79 Å².